The summed E-state index contributed by atoms with van der Waals surface area (Å²) < 4.78 is 5.28. The number of carbonyl (C=O) groups excluding carboxylic acids is 1. The van der Waals surface area contributed by atoms with E-state index in [9.17, 15) is 9.59 Å². The van der Waals surface area contributed by atoms with Crippen LogP contribution < -0.4 is 5.32 Å². The number of rotatable bonds is 3. The number of aliphatic carboxylic acids is 1. The standard InChI is InChI=1S/C12H20N2O5/c15-7-10-6-14(3-4-19-10)12(18)13-9-2-1-8(5-9)11(16)17/h8-10,15H,1-7H2,(H,13,18)(H,16,17)/t8-,9+,10?/m1/s1. The second kappa shape index (κ2) is 6.21. The van der Waals surface area contributed by atoms with Gasteiger partial charge in [0, 0.05) is 12.6 Å². The molecule has 3 atom stereocenters. The van der Waals surface area contributed by atoms with Crippen LogP contribution in [0.25, 0.3) is 0 Å². The van der Waals surface area contributed by atoms with Crippen LogP contribution in [0.3, 0.4) is 0 Å². The Morgan fingerprint density at radius 2 is 2.16 bits per heavy atom. The van der Waals surface area contributed by atoms with E-state index in [1.54, 1.807) is 4.90 Å². The minimum absolute atomic E-state index is 0.0657. The molecule has 0 aromatic rings. The molecule has 0 radical (unpaired) electrons. The lowest BCUT2D eigenvalue weighted by atomic mass is 10.1. The Morgan fingerprint density at radius 3 is 2.79 bits per heavy atom. The number of ether oxygens (including phenoxy) is 1. The molecule has 3 N–H and O–H groups in total. The summed E-state index contributed by atoms with van der Waals surface area (Å²) in [5.41, 5.74) is 0. The van der Waals surface area contributed by atoms with Gasteiger partial charge in [-0.3, -0.25) is 4.79 Å². The van der Waals surface area contributed by atoms with Crippen molar-refractivity contribution in [1.29, 1.82) is 0 Å². The number of carboxylic acid groups (broad SMARTS) is 1. The average Bonchev–Trinajstić information content (AvgIpc) is 2.87. The van der Waals surface area contributed by atoms with Gasteiger partial charge in [0.25, 0.3) is 0 Å². The van der Waals surface area contributed by atoms with Crippen molar-refractivity contribution in [2.45, 2.75) is 31.4 Å². The minimum Gasteiger partial charge on any atom is -0.481 e. The van der Waals surface area contributed by atoms with Gasteiger partial charge in [-0.1, -0.05) is 0 Å². The maximum Gasteiger partial charge on any atom is 0.317 e. The molecule has 108 valence electrons. The van der Waals surface area contributed by atoms with Gasteiger partial charge in [-0.05, 0) is 19.3 Å². The number of aliphatic hydroxyl groups is 1. The molecule has 7 nitrogen and oxygen atoms in total. The lowest BCUT2D eigenvalue weighted by molar-refractivity contribution is -0.141. The van der Waals surface area contributed by atoms with E-state index in [0.29, 0.717) is 39.0 Å². The summed E-state index contributed by atoms with van der Waals surface area (Å²) >= 11 is 0. The summed E-state index contributed by atoms with van der Waals surface area (Å²) in [5, 5.41) is 20.8. The van der Waals surface area contributed by atoms with Crippen LogP contribution >= 0.6 is 0 Å². The molecule has 1 saturated carbocycles. The normalized spacial score (nSPS) is 31.2. The summed E-state index contributed by atoms with van der Waals surface area (Å²) in [6, 6.07) is -0.262. The highest BCUT2D eigenvalue weighted by Gasteiger charge is 2.32. The predicted molar refractivity (Wildman–Crippen MR) is 65.7 cm³/mol. The number of carboxylic acids is 1. The number of morpholine rings is 1. The molecule has 1 saturated heterocycles. The van der Waals surface area contributed by atoms with E-state index in [4.69, 9.17) is 14.9 Å². The van der Waals surface area contributed by atoms with Gasteiger partial charge in [0.2, 0.25) is 0 Å². The fourth-order valence-corrected chi connectivity index (χ4v) is 2.62. The first-order valence-corrected chi connectivity index (χ1v) is 6.61. The Kier molecular flexibility index (Phi) is 4.60. The van der Waals surface area contributed by atoms with Gasteiger partial charge in [-0.2, -0.15) is 0 Å². The highest BCUT2D eigenvalue weighted by atomic mass is 16.5. The topological polar surface area (TPSA) is 99.1 Å². The van der Waals surface area contributed by atoms with Gasteiger partial charge < -0.3 is 25.2 Å². The SMILES string of the molecule is O=C(O)[C@@H]1CC[C@H](NC(=O)N2CCOC(CO)C2)C1. The molecule has 0 aromatic carbocycles. The summed E-state index contributed by atoms with van der Waals surface area (Å²) in [7, 11) is 0. The second-order valence-electron chi connectivity index (χ2n) is 5.12. The van der Waals surface area contributed by atoms with E-state index in [-0.39, 0.29) is 30.7 Å². The van der Waals surface area contributed by atoms with Crippen molar-refractivity contribution in [1.82, 2.24) is 10.2 Å². The number of hydrogen-bond acceptors (Lipinski definition) is 4. The van der Waals surface area contributed by atoms with Crippen LogP contribution in [0, 0.1) is 5.92 Å². The lowest BCUT2D eigenvalue weighted by Gasteiger charge is -2.32. The Bertz CT molecular complexity index is 349. The molecule has 7 heteroatoms. The largest absolute Gasteiger partial charge is 0.481 e. The quantitative estimate of drug-likeness (QED) is 0.652. The third-order valence-electron chi connectivity index (χ3n) is 3.74. The molecule has 0 spiro atoms. The van der Waals surface area contributed by atoms with Crippen LogP contribution in [0.2, 0.25) is 0 Å². The lowest BCUT2D eigenvalue weighted by Crippen LogP contribution is -2.52. The number of urea groups is 1. The first-order chi connectivity index (χ1) is 9.10. The van der Waals surface area contributed by atoms with Crippen molar-refractivity contribution < 1.29 is 24.5 Å². The maximum atomic E-state index is 12.0. The molecule has 2 fully saturated rings. The monoisotopic (exact) mass is 272 g/mol. The van der Waals surface area contributed by atoms with E-state index in [1.165, 1.54) is 0 Å². The highest BCUT2D eigenvalue weighted by Crippen LogP contribution is 2.25. The summed E-state index contributed by atoms with van der Waals surface area (Å²) in [4.78, 5) is 24.5. The van der Waals surface area contributed by atoms with Gasteiger partial charge in [0.1, 0.15) is 0 Å². The molecule has 1 aliphatic heterocycles. The van der Waals surface area contributed by atoms with Crippen LogP contribution in [0.4, 0.5) is 4.79 Å². The molecule has 1 heterocycles. The van der Waals surface area contributed by atoms with Crippen LogP contribution in [0.1, 0.15) is 19.3 Å². The Hall–Kier alpha value is -1.34. The van der Waals surface area contributed by atoms with Gasteiger partial charge in [0.15, 0.2) is 0 Å². The maximum absolute atomic E-state index is 12.0. The van der Waals surface area contributed by atoms with E-state index >= 15 is 0 Å². The first-order valence-electron chi connectivity index (χ1n) is 6.61. The molecule has 1 unspecified atom stereocenters. The zero-order valence-corrected chi connectivity index (χ0v) is 10.7. The molecular weight excluding hydrogens is 252 g/mol. The predicted octanol–water partition coefficient (Wildman–Crippen LogP) is -0.358. The Labute approximate surface area is 111 Å². The molecule has 0 aromatic heterocycles. The van der Waals surface area contributed by atoms with Crippen molar-refractivity contribution in [3.8, 4) is 0 Å². The zero-order valence-electron chi connectivity index (χ0n) is 10.7. The Balaban J connectivity index is 1.79. The van der Waals surface area contributed by atoms with Gasteiger partial charge in [-0.25, -0.2) is 4.79 Å². The second-order valence-corrected chi connectivity index (χ2v) is 5.12. The summed E-state index contributed by atoms with van der Waals surface area (Å²) in [5.74, 6) is -1.14. The highest BCUT2D eigenvalue weighted by molar-refractivity contribution is 5.75. The number of aliphatic hydroxyl groups excluding tert-OH is 1. The molecule has 0 bridgehead atoms. The van der Waals surface area contributed by atoms with Gasteiger partial charge >= 0.3 is 12.0 Å². The average molecular weight is 272 g/mol. The third kappa shape index (κ3) is 3.57. The van der Waals surface area contributed by atoms with Crippen LogP contribution in [0.15, 0.2) is 0 Å². The van der Waals surface area contributed by atoms with E-state index in [0.717, 1.165) is 0 Å². The van der Waals surface area contributed by atoms with Crippen LogP contribution in [-0.4, -0.2) is 65.6 Å². The smallest absolute Gasteiger partial charge is 0.317 e. The fraction of sp³-hybridized carbons (Fsp3) is 0.833. The van der Waals surface area contributed by atoms with E-state index < -0.39 is 5.97 Å². The van der Waals surface area contributed by atoms with Crippen molar-refractivity contribution in [3.05, 3.63) is 0 Å². The van der Waals surface area contributed by atoms with Crippen molar-refractivity contribution >= 4 is 12.0 Å². The molecule has 2 amide bonds. The number of hydrogen-bond donors (Lipinski definition) is 3. The number of nitrogens with one attached hydrogen (secondary N) is 1. The molecule has 2 rings (SSSR count). The molecular formula is C12H20N2O5. The number of carbonyl (C=O) groups is 2. The third-order valence-corrected chi connectivity index (χ3v) is 3.74. The van der Waals surface area contributed by atoms with Crippen molar-refractivity contribution in [2.24, 2.45) is 5.92 Å². The number of amides is 2. The van der Waals surface area contributed by atoms with Gasteiger partial charge in [0.05, 0.1) is 31.8 Å². The zero-order chi connectivity index (χ0) is 13.8. The van der Waals surface area contributed by atoms with E-state index in [2.05, 4.69) is 5.32 Å². The fourth-order valence-electron chi connectivity index (χ4n) is 2.62. The molecule has 2 aliphatic rings. The summed E-state index contributed by atoms with van der Waals surface area (Å²) in [6.45, 7) is 1.18. The Morgan fingerprint density at radius 1 is 1.37 bits per heavy atom. The van der Waals surface area contributed by atoms with Crippen LogP contribution in [0.5, 0.6) is 0 Å². The first kappa shape index (κ1) is 14.1. The summed E-state index contributed by atoms with van der Waals surface area (Å²) in [6.07, 6.45) is 1.49. The van der Waals surface area contributed by atoms with Crippen molar-refractivity contribution in [2.75, 3.05) is 26.3 Å². The molecule has 1 aliphatic carbocycles. The minimum atomic E-state index is -0.788. The van der Waals surface area contributed by atoms with Gasteiger partial charge in [-0.15, -0.1) is 0 Å². The van der Waals surface area contributed by atoms with E-state index in [1.807, 2.05) is 0 Å². The van der Waals surface area contributed by atoms with Crippen molar-refractivity contribution in [3.63, 3.8) is 0 Å². The molecule has 19 heavy (non-hydrogen) atoms. The number of nitrogens with zero attached hydrogens (tertiary/aromatic N) is 1. The van der Waals surface area contributed by atoms with Crippen LogP contribution in [-0.2, 0) is 9.53 Å².